The third-order valence-corrected chi connectivity index (χ3v) is 4.85. The molecule has 2 aromatic heterocycles. The predicted octanol–water partition coefficient (Wildman–Crippen LogP) is 5.12. The first kappa shape index (κ1) is 18.0. The summed E-state index contributed by atoms with van der Waals surface area (Å²) in [6.45, 7) is 2.84. The van der Waals surface area contributed by atoms with Gasteiger partial charge in [-0.05, 0) is 48.7 Å². The van der Waals surface area contributed by atoms with Crippen molar-refractivity contribution in [2.75, 3.05) is 5.32 Å². The molecule has 6 heteroatoms. The van der Waals surface area contributed by atoms with Gasteiger partial charge in [0.1, 0.15) is 6.07 Å². The zero-order chi connectivity index (χ0) is 19.5. The fraction of sp³-hybridized carbons (Fsp3) is 0.136. The summed E-state index contributed by atoms with van der Waals surface area (Å²) in [4.78, 5) is 4.15. The smallest absolute Gasteiger partial charge is 0.101 e. The van der Waals surface area contributed by atoms with E-state index >= 15 is 0 Å². The van der Waals surface area contributed by atoms with Gasteiger partial charge in [-0.3, -0.25) is 9.67 Å². The Morgan fingerprint density at radius 1 is 1.14 bits per heavy atom. The molecule has 0 bridgehead atoms. The van der Waals surface area contributed by atoms with Crippen molar-refractivity contribution in [3.8, 4) is 17.3 Å². The van der Waals surface area contributed by atoms with E-state index in [0.29, 0.717) is 10.6 Å². The zero-order valence-corrected chi connectivity index (χ0v) is 16.1. The van der Waals surface area contributed by atoms with Gasteiger partial charge in [-0.25, -0.2) is 0 Å². The van der Waals surface area contributed by atoms with E-state index in [1.54, 1.807) is 18.3 Å². The topological polar surface area (TPSA) is 66.5 Å². The van der Waals surface area contributed by atoms with Crippen molar-refractivity contribution < 1.29 is 0 Å². The first-order valence-corrected chi connectivity index (χ1v) is 9.34. The normalized spacial score (nSPS) is 11.9. The van der Waals surface area contributed by atoms with E-state index in [9.17, 15) is 0 Å². The molecule has 1 N–H and O–H groups in total. The van der Waals surface area contributed by atoms with Crippen LogP contribution in [0.2, 0.25) is 5.02 Å². The van der Waals surface area contributed by atoms with Crippen molar-refractivity contribution in [3.05, 3.63) is 77.7 Å². The maximum Gasteiger partial charge on any atom is 0.101 e. The fourth-order valence-corrected chi connectivity index (χ4v) is 3.39. The number of aromatic nitrogens is 3. The number of rotatable bonds is 5. The lowest BCUT2D eigenvalue weighted by Gasteiger charge is -2.16. The van der Waals surface area contributed by atoms with Crippen LogP contribution in [0.5, 0.6) is 0 Å². The van der Waals surface area contributed by atoms with E-state index < -0.39 is 0 Å². The first-order chi connectivity index (χ1) is 13.6. The van der Waals surface area contributed by atoms with Crippen molar-refractivity contribution in [1.82, 2.24) is 14.8 Å². The average Bonchev–Trinajstić information content (AvgIpc) is 3.16. The van der Waals surface area contributed by atoms with Crippen molar-refractivity contribution >= 4 is 28.1 Å². The molecule has 1 atom stereocenters. The predicted molar refractivity (Wildman–Crippen MR) is 112 cm³/mol. The molecule has 0 spiro atoms. The molecule has 4 rings (SSSR count). The number of fused-ring (bicyclic) bond motifs is 1. The van der Waals surface area contributed by atoms with Crippen molar-refractivity contribution in [3.63, 3.8) is 0 Å². The van der Waals surface area contributed by atoms with E-state index in [1.807, 2.05) is 35.3 Å². The molecule has 0 amide bonds. The number of benzene rings is 2. The Hall–Kier alpha value is -3.36. The Balaban J connectivity index is 1.45. The number of halogens is 1. The highest BCUT2D eigenvalue weighted by molar-refractivity contribution is 6.32. The molecule has 2 aromatic carbocycles. The molecule has 0 aliphatic heterocycles. The van der Waals surface area contributed by atoms with Crippen molar-refractivity contribution in [2.24, 2.45) is 0 Å². The van der Waals surface area contributed by atoms with E-state index in [4.69, 9.17) is 16.9 Å². The second-order valence-corrected chi connectivity index (χ2v) is 7.12. The van der Waals surface area contributed by atoms with Crippen LogP contribution < -0.4 is 5.32 Å². The number of nitrogens with one attached hydrogen (secondary N) is 1. The lowest BCUT2D eigenvalue weighted by molar-refractivity contribution is 0.562. The number of hydrogen-bond donors (Lipinski definition) is 1. The van der Waals surface area contributed by atoms with Crippen LogP contribution in [0, 0.1) is 11.3 Å². The molecule has 0 aliphatic carbocycles. The second-order valence-electron chi connectivity index (χ2n) is 6.71. The molecular formula is C22H18ClN5. The summed E-state index contributed by atoms with van der Waals surface area (Å²) >= 11 is 6.13. The molecule has 0 saturated heterocycles. The van der Waals surface area contributed by atoms with Crippen LogP contribution in [-0.4, -0.2) is 20.8 Å². The van der Waals surface area contributed by atoms with Crippen LogP contribution in [0.25, 0.3) is 22.0 Å². The fourth-order valence-electron chi connectivity index (χ4n) is 3.17. The van der Waals surface area contributed by atoms with Gasteiger partial charge in [0.05, 0.1) is 22.8 Å². The summed E-state index contributed by atoms with van der Waals surface area (Å²) in [6, 6.07) is 17.8. The number of anilines is 1. The SMILES string of the molecule is C[C@@H](Cn1ccc(-c2ccc(C#N)c(Cl)c2)n1)Nc1ccc2cnccc2c1. The summed E-state index contributed by atoms with van der Waals surface area (Å²) < 4.78 is 1.91. The van der Waals surface area contributed by atoms with Gasteiger partial charge in [-0.15, -0.1) is 0 Å². The van der Waals surface area contributed by atoms with Gasteiger partial charge in [0.2, 0.25) is 0 Å². The lowest BCUT2D eigenvalue weighted by atomic mass is 10.1. The Morgan fingerprint density at radius 3 is 2.86 bits per heavy atom. The van der Waals surface area contributed by atoms with Gasteiger partial charge in [0, 0.05) is 41.3 Å². The highest BCUT2D eigenvalue weighted by Crippen LogP contribution is 2.24. The maximum absolute atomic E-state index is 9.00. The average molecular weight is 388 g/mol. The quantitative estimate of drug-likeness (QED) is 0.515. The molecular weight excluding hydrogens is 370 g/mol. The van der Waals surface area contributed by atoms with Crippen LogP contribution >= 0.6 is 11.6 Å². The molecule has 28 heavy (non-hydrogen) atoms. The summed E-state index contributed by atoms with van der Waals surface area (Å²) in [5, 5.41) is 19.9. The number of nitriles is 1. The lowest BCUT2D eigenvalue weighted by Crippen LogP contribution is -2.22. The Morgan fingerprint density at radius 2 is 2.04 bits per heavy atom. The highest BCUT2D eigenvalue weighted by atomic mass is 35.5. The van der Waals surface area contributed by atoms with Gasteiger partial charge >= 0.3 is 0 Å². The number of hydrogen-bond acceptors (Lipinski definition) is 4. The third kappa shape index (κ3) is 3.83. The molecule has 0 radical (unpaired) electrons. The molecule has 138 valence electrons. The summed E-state index contributed by atoms with van der Waals surface area (Å²) in [7, 11) is 0. The maximum atomic E-state index is 9.00. The molecule has 0 aliphatic rings. The minimum atomic E-state index is 0.191. The van der Waals surface area contributed by atoms with Gasteiger partial charge < -0.3 is 5.32 Å². The number of pyridine rings is 1. The largest absolute Gasteiger partial charge is 0.381 e. The van der Waals surface area contributed by atoms with Gasteiger partial charge in [-0.2, -0.15) is 10.4 Å². The summed E-state index contributed by atoms with van der Waals surface area (Å²) in [5.41, 5.74) is 3.26. The number of nitrogens with zero attached hydrogens (tertiary/aromatic N) is 4. The van der Waals surface area contributed by atoms with Crippen LogP contribution in [0.15, 0.2) is 67.1 Å². The minimum absolute atomic E-state index is 0.191. The first-order valence-electron chi connectivity index (χ1n) is 8.96. The van der Waals surface area contributed by atoms with E-state index in [2.05, 4.69) is 46.6 Å². The van der Waals surface area contributed by atoms with Crippen LogP contribution in [-0.2, 0) is 6.54 Å². The van der Waals surface area contributed by atoms with E-state index in [1.165, 1.54) is 0 Å². The minimum Gasteiger partial charge on any atom is -0.381 e. The Kier molecular flexibility index (Phi) is 4.96. The third-order valence-electron chi connectivity index (χ3n) is 4.54. The monoisotopic (exact) mass is 387 g/mol. The van der Waals surface area contributed by atoms with Crippen molar-refractivity contribution in [1.29, 1.82) is 5.26 Å². The van der Waals surface area contributed by atoms with E-state index in [0.717, 1.165) is 34.3 Å². The standard InChI is InChI=1S/C22H18ClN5/c1-15(26-20-5-4-19-13-25-8-6-16(19)10-20)14-28-9-7-22(27-28)17-2-3-18(12-24)21(23)11-17/h2-11,13,15,26H,14H2,1H3/t15-/m0/s1. The molecule has 4 aromatic rings. The second kappa shape index (κ2) is 7.71. The van der Waals surface area contributed by atoms with Crippen molar-refractivity contribution in [2.45, 2.75) is 19.5 Å². The Bertz CT molecular complexity index is 1170. The zero-order valence-electron chi connectivity index (χ0n) is 15.3. The van der Waals surface area contributed by atoms with Gasteiger partial charge in [0.15, 0.2) is 0 Å². The van der Waals surface area contributed by atoms with Crippen LogP contribution in [0.1, 0.15) is 12.5 Å². The van der Waals surface area contributed by atoms with E-state index in [-0.39, 0.29) is 6.04 Å². The molecule has 5 nitrogen and oxygen atoms in total. The van der Waals surface area contributed by atoms with Crippen LogP contribution in [0.4, 0.5) is 5.69 Å². The molecule has 0 unspecified atom stereocenters. The van der Waals surface area contributed by atoms with Gasteiger partial charge in [-0.1, -0.05) is 23.7 Å². The Labute approximate surface area is 168 Å². The highest BCUT2D eigenvalue weighted by Gasteiger charge is 2.09. The molecule has 0 saturated carbocycles. The van der Waals surface area contributed by atoms with Crippen LogP contribution in [0.3, 0.4) is 0 Å². The van der Waals surface area contributed by atoms with Gasteiger partial charge in [0.25, 0.3) is 0 Å². The molecule has 0 fully saturated rings. The summed E-state index contributed by atoms with van der Waals surface area (Å²) in [5.74, 6) is 0. The summed E-state index contributed by atoms with van der Waals surface area (Å²) in [6.07, 6.45) is 5.62. The molecule has 2 heterocycles.